The number of ketones is 1. The van der Waals surface area contributed by atoms with Crippen molar-refractivity contribution in [3.63, 3.8) is 0 Å². The average Bonchev–Trinajstić information content (AvgIpc) is 2.56. The van der Waals surface area contributed by atoms with Gasteiger partial charge in [0.25, 0.3) is 0 Å². The Hall–Kier alpha value is -2.95. The van der Waals surface area contributed by atoms with E-state index in [1.165, 1.54) is 13.8 Å². The second-order valence-corrected chi connectivity index (χ2v) is 5.46. The zero-order chi connectivity index (χ0) is 17.7. The Labute approximate surface area is 140 Å². The summed E-state index contributed by atoms with van der Waals surface area (Å²) in [4.78, 5) is 36.1. The number of Topliss-reactive ketones (excluding diaryl/α,β-unsaturated/α-hetero) is 1. The topological polar surface area (TPSA) is 72.5 Å². The molecule has 2 aromatic rings. The molecule has 2 rings (SSSR count). The number of amides is 1. The van der Waals surface area contributed by atoms with Gasteiger partial charge in [-0.1, -0.05) is 42.5 Å². The number of hydrogen-bond acceptors (Lipinski definition) is 4. The fourth-order valence-electron chi connectivity index (χ4n) is 2.29. The zero-order valence-electron chi connectivity index (χ0n) is 13.8. The first-order valence-corrected chi connectivity index (χ1v) is 7.57. The summed E-state index contributed by atoms with van der Waals surface area (Å²) in [6, 6.07) is 13.7. The van der Waals surface area contributed by atoms with Gasteiger partial charge in [0, 0.05) is 12.5 Å². The Morgan fingerprint density at radius 1 is 1.00 bits per heavy atom. The van der Waals surface area contributed by atoms with Crippen LogP contribution in [0.4, 0.5) is 5.69 Å². The average molecular weight is 325 g/mol. The number of esters is 1. The van der Waals surface area contributed by atoms with Crippen LogP contribution in [0.1, 0.15) is 40.1 Å². The summed E-state index contributed by atoms with van der Waals surface area (Å²) in [6.07, 6.45) is -0.925. The molecule has 1 unspecified atom stereocenters. The molecule has 0 radical (unpaired) electrons. The molecule has 0 aliphatic rings. The summed E-state index contributed by atoms with van der Waals surface area (Å²) >= 11 is 0. The van der Waals surface area contributed by atoms with E-state index < -0.39 is 12.1 Å². The maximum Gasteiger partial charge on any atom is 0.340 e. The van der Waals surface area contributed by atoms with Crippen LogP contribution in [0, 0.1) is 6.92 Å². The van der Waals surface area contributed by atoms with E-state index in [2.05, 4.69) is 5.32 Å². The second-order valence-electron chi connectivity index (χ2n) is 5.46. The Morgan fingerprint density at radius 2 is 1.67 bits per heavy atom. The highest BCUT2D eigenvalue weighted by Crippen LogP contribution is 2.22. The maximum absolute atomic E-state index is 12.4. The van der Waals surface area contributed by atoms with Gasteiger partial charge in [0.1, 0.15) is 0 Å². The van der Waals surface area contributed by atoms with E-state index in [0.29, 0.717) is 11.3 Å². The normalized spacial score (nSPS) is 11.5. The molecular weight excluding hydrogens is 306 g/mol. The van der Waals surface area contributed by atoms with Crippen LogP contribution < -0.4 is 5.32 Å². The van der Waals surface area contributed by atoms with Crippen molar-refractivity contribution >= 4 is 23.3 Å². The number of carbonyl (C=O) groups excluding carboxylic acids is 3. The summed E-state index contributed by atoms with van der Waals surface area (Å²) in [7, 11) is 0. The highest BCUT2D eigenvalue weighted by atomic mass is 16.5. The molecule has 5 nitrogen and oxygen atoms in total. The van der Waals surface area contributed by atoms with Gasteiger partial charge < -0.3 is 10.1 Å². The number of nitrogens with one attached hydrogen (secondary N) is 1. The second kappa shape index (κ2) is 7.55. The van der Waals surface area contributed by atoms with Gasteiger partial charge in [0.2, 0.25) is 11.7 Å². The van der Waals surface area contributed by atoms with Crippen molar-refractivity contribution in [3.05, 3.63) is 65.2 Å². The smallest absolute Gasteiger partial charge is 0.340 e. The molecule has 2 aromatic carbocycles. The van der Waals surface area contributed by atoms with Crippen LogP contribution in [0.5, 0.6) is 0 Å². The zero-order valence-corrected chi connectivity index (χ0v) is 13.8. The lowest BCUT2D eigenvalue weighted by molar-refractivity contribution is -0.114. The Kier molecular flexibility index (Phi) is 5.47. The lowest BCUT2D eigenvalue weighted by Gasteiger charge is -2.15. The Balaban J connectivity index is 2.19. The Bertz CT molecular complexity index is 768. The molecule has 0 aliphatic carbocycles. The van der Waals surface area contributed by atoms with Gasteiger partial charge in [-0.15, -0.1) is 0 Å². The Morgan fingerprint density at radius 3 is 2.29 bits per heavy atom. The minimum atomic E-state index is -0.925. The van der Waals surface area contributed by atoms with Crippen LogP contribution in [-0.4, -0.2) is 23.8 Å². The molecule has 0 saturated heterocycles. The molecule has 0 fully saturated rings. The number of aryl methyl sites for hydroxylation is 1. The SMILES string of the molecule is CC(=O)Nc1c(C)cccc1C(=O)OC(C)C(=O)c1ccccc1. The van der Waals surface area contributed by atoms with E-state index in [1.807, 2.05) is 0 Å². The number of benzene rings is 2. The van der Waals surface area contributed by atoms with Gasteiger partial charge in [-0.25, -0.2) is 4.79 Å². The van der Waals surface area contributed by atoms with Gasteiger partial charge in [-0.2, -0.15) is 0 Å². The third-order valence-corrected chi connectivity index (χ3v) is 3.51. The molecule has 1 N–H and O–H groups in total. The van der Waals surface area contributed by atoms with Gasteiger partial charge in [-0.3, -0.25) is 9.59 Å². The van der Waals surface area contributed by atoms with Crippen LogP contribution >= 0.6 is 0 Å². The van der Waals surface area contributed by atoms with E-state index in [-0.39, 0.29) is 17.3 Å². The number of ether oxygens (including phenoxy) is 1. The molecule has 0 aromatic heterocycles. The third-order valence-electron chi connectivity index (χ3n) is 3.51. The van der Waals surface area contributed by atoms with Gasteiger partial charge in [0.15, 0.2) is 6.10 Å². The number of para-hydroxylation sites is 1. The summed E-state index contributed by atoms with van der Waals surface area (Å²) in [5.74, 6) is -1.22. The molecule has 0 heterocycles. The molecule has 0 spiro atoms. The first-order valence-electron chi connectivity index (χ1n) is 7.57. The van der Waals surface area contributed by atoms with Crippen LogP contribution in [0.15, 0.2) is 48.5 Å². The van der Waals surface area contributed by atoms with Crippen molar-refractivity contribution in [3.8, 4) is 0 Å². The maximum atomic E-state index is 12.4. The molecule has 124 valence electrons. The predicted octanol–water partition coefficient (Wildman–Crippen LogP) is 3.38. The molecule has 1 amide bonds. The highest BCUT2D eigenvalue weighted by Gasteiger charge is 2.22. The number of anilines is 1. The van der Waals surface area contributed by atoms with Crippen molar-refractivity contribution < 1.29 is 19.1 Å². The standard InChI is InChI=1S/C19H19NO4/c1-12-8-7-11-16(17(12)20-14(3)21)19(23)24-13(2)18(22)15-9-5-4-6-10-15/h4-11,13H,1-3H3,(H,20,21). The van der Waals surface area contributed by atoms with Crippen LogP contribution in [-0.2, 0) is 9.53 Å². The van der Waals surface area contributed by atoms with E-state index in [9.17, 15) is 14.4 Å². The molecule has 0 bridgehead atoms. The summed E-state index contributed by atoms with van der Waals surface area (Å²) in [6.45, 7) is 4.67. The third kappa shape index (κ3) is 4.07. The largest absolute Gasteiger partial charge is 0.451 e. The van der Waals surface area contributed by atoms with Crippen LogP contribution in [0.2, 0.25) is 0 Å². The molecule has 24 heavy (non-hydrogen) atoms. The fourth-order valence-corrected chi connectivity index (χ4v) is 2.29. The van der Waals surface area contributed by atoms with Gasteiger partial charge in [-0.05, 0) is 25.5 Å². The summed E-state index contributed by atoms with van der Waals surface area (Å²) in [5, 5.41) is 2.63. The van der Waals surface area contributed by atoms with Gasteiger partial charge >= 0.3 is 5.97 Å². The van der Waals surface area contributed by atoms with Gasteiger partial charge in [0.05, 0.1) is 11.3 Å². The fraction of sp³-hybridized carbons (Fsp3) is 0.211. The van der Waals surface area contributed by atoms with E-state index in [4.69, 9.17) is 4.74 Å². The first-order chi connectivity index (χ1) is 11.4. The van der Waals surface area contributed by atoms with Crippen molar-refractivity contribution in [2.45, 2.75) is 26.9 Å². The lowest BCUT2D eigenvalue weighted by atomic mass is 10.1. The number of carbonyl (C=O) groups is 3. The number of hydrogen-bond donors (Lipinski definition) is 1. The predicted molar refractivity (Wildman–Crippen MR) is 91.1 cm³/mol. The highest BCUT2D eigenvalue weighted by molar-refractivity contribution is 6.04. The van der Waals surface area contributed by atoms with Crippen molar-refractivity contribution in [2.75, 3.05) is 5.32 Å². The van der Waals surface area contributed by atoms with Crippen LogP contribution in [0.25, 0.3) is 0 Å². The summed E-state index contributed by atoms with van der Waals surface area (Å²) < 4.78 is 5.29. The van der Waals surface area contributed by atoms with Crippen molar-refractivity contribution in [1.82, 2.24) is 0 Å². The quantitative estimate of drug-likeness (QED) is 0.675. The molecule has 5 heteroatoms. The lowest BCUT2D eigenvalue weighted by Crippen LogP contribution is -2.25. The van der Waals surface area contributed by atoms with E-state index in [0.717, 1.165) is 5.56 Å². The molecule has 0 saturated carbocycles. The minimum Gasteiger partial charge on any atom is -0.451 e. The monoisotopic (exact) mass is 325 g/mol. The van der Waals surface area contributed by atoms with Crippen LogP contribution in [0.3, 0.4) is 0 Å². The molecule has 0 aliphatic heterocycles. The summed E-state index contributed by atoms with van der Waals surface area (Å²) in [5.41, 5.74) is 1.83. The molecular formula is C19H19NO4. The van der Waals surface area contributed by atoms with E-state index in [1.54, 1.807) is 55.5 Å². The van der Waals surface area contributed by atoms with Crippen molar-refractivity contribution in [2.24, 2.45) is 0 Å². The van der Waals surface area contributed by atoms with Crippen molar-refractivity contribution in [1.29, 1.82) is 0 Å². The first kappa shape index (κ1) is 17.4. The van der Waals surface area contributed by atoms with E-state index >= 15 is 0 Å². The minimum absolute atomic E-state index is 0.220. The molecule has 1 atom stereocenters. The number of rotatable bonds is 5.